The Balaban J connectivity index is 2.31. The number of nitrogens with zero attached hydrogens (tertiary/aromatic N) is 1. The fourth-order valence-electron chi connectivity index (χ4n) is 2.29. The van der Waals surface area contributed by atoms with Crippen LogP contribution in [0.15, 0.2) is 36.5 Å². The van der Waals surface area contributed by atoms with Crippen LogP contribution in [0.1, 0.15) is 15.9 Å². The number of fused-ring (bicyclic) bond motifs is 3. The second-order valence-electron chi connectivity index (χ2n) is 3.84. The van der Waals surface area contributed by atoms with E-state index in [4.69, 9.17) is 0 Å². The summed E-state index contributed by atoms with van der Waals surface area (Å²) >= 11 is 0. The number of benzene rings is 1. The van der Waals surface area contributed by atoms with Crippen LogP contribution >= 0.6 is 0 Å². The van der Waals surface area contributed by atoms with E-state index in [2.05, 4.69) is 22.8 Å². The number of aromatic nitrogens is 1. The Morgan fingerprint density at radius 2 is 2.07 bits per heavy atom. The van der Waals surface area contributed by atoms with Gasteiger partial charge in [-0.3, -0.25) is 4.79 Å². The number of aldehydes is 1. The van der Waals surface area contributed by atoms with E-state index in [1.54, 1.807) is 0 Å². The van der Waals surface area contributed by atoms with Crippen LogP contribution in [0.5, 0.6) is 0 Å². The van der Waals surface area contributed by atoms with Gasteiger partial charge in [-0.15, -0.1) is 0 Å². The number of hydrogen-bond donors (Lipinski definition) is 0. The van der Waals surface area contributed by atoms with Crippen molar-refractivity contribution in [2.75, 3.05) is 0 Å². The Bertz CT molecular complexity index is 525. The van der Waals surface area contributed by atoms with Crippen LogP contribution in [0.2, 0.25) is 0 Å². The molecule has 1 aliphatic rings. The minimum atomic E-state index is 0.794. The van der Waals surface area contributed by atoms with Crippen molar-refractivity contribution < 1.29 is 4.79 Å². The van der Waals surface area contributed by atoms with E-state index in [0.717, 1.165) is 30.5 Å². The summed E-state index contributed by atoms with van der Waals surface area (Å²) in [4.78, 5) is 10.9. The third kappa shape index (κ3) is 1.14. The van der Waals surface area contributed by atoms with Crippen LogP contribution in [0, 0.1) is 0 Å². The van der Waals surface area contributed by atoms with E-state index in [9.17, 15) is 4.79 Å². The summed E-state index contributed by atoms with van der Waals surface area (Å²) in [5.74, 6) is 0. The van der Waals surface area contributed by atoms with Gasteiger partial charge in [-0.1, -0.05) is 24.3 Å². The summed E-state index contributed by atoms with van der Waals surface area (Å²) in [6.07, 6.45) is 3.99. The van der Waals surface area contributed by atoms with E-state index in [1.165, 1.54) is 11.1 Å². The van der Waals surface area contributed by atoms with Gasteiger partial charge in [0, 0.05) is 23.9 Å². The smallest absolute Gasteiger partial charge is 0.152 e. The normalized spacial score (nSPS) is 13.1. The van der Waals surface area contributed by atoms with E-state index < -0.39 is 0 Å². The lowest BCUT2D eigenvalue weighted by atomic mass is 9.97. The first-order valence-electron chi connectivity index (χ1n) is 5.13. The molecule has 74 valence electrons. The predicted molar refractivity (Wildman–Crippen MR) is 59.0 cm³/mol. The van der Waals surface area contributed by atoms with Crippen LogP contribution in [0.25, 0.3) is 11.3 Å². The number of carbonyl (C=O) groups excluding carboxylic acids is 1. The van der Waals surface area contributed by atoms with Crippen molar-refractivity contribution >= 4 is 6.29 Å². The Morgan fingerprint density at radius 3 is 2.93 bits per heavy atom. The highest BCUT2D eigenvalue weighted by Gasteiger charge is 2.18. The van der Waals surface area contributed by atoms with Crippen LogP contribution in [-0.4, -0.2) is 10.9 Å². The van der Waals surface area contributed by atoms with Crippen LogP contribution in [0.4, 0.5) is 0 Å². The first kappa shape index (κ1) is 8.48. The molecule has 0 N–H and O–H groups in total. The van der Waals surface area contributed by atoms with Crippen LogP contribution in [0.3, 0.4) is 0 Å². The highest BCUT2D eigenvalue weighted by Crippen LogP contribution is 2.31. The van der Waals surface area contributed by atoms with Gasteiger partial charge in [-0.2, -0.15) is 0 Å². The van der Waals surface area contributed by atoms with Gasteiger partial charge >= 0.3 is 0 Å². The van der Waals surface area contributed by atoms with Gasteiger partial charge in [-0.05, 0) is 18.1 Å². The molecule has 0 atom stereocenters. The van der Waals surface area contributed by atoms with Crippen molar-refractivity contribution in [1.82, 2.24) is 4.57 Å². The fourth-order valence-corrected chi connectivity index (χ4v) is 2.29. The third-order valence-electron chi connectivity index (χ3n) is 3.02. The largest absolute Gasteiger partial charge is 0.347 e. The zero-order chi connectivity index (χ0) is 10.3. The SMILES string of the molecule is O=Cc1ccn2c1-c1ccccc1CC2. The lowest BCUT2D eigenvalue weighted by molar-refractivity contribution is 0.112. The second kappa shape index (κ2) is 3.09. The van der Waals surface area contributed by atoms with Crippen molar-refractivity contribution in [2.24, 2.45) is 0 Å². The number of hydrogen-bond acceptors (Lipinski definition) is 1. The average molecular weight is 197 g/mol. The van der Waals surface area contributed by atoms with Gasteiger partial charge in [0.1, 0.15) is 0 Å². The third-order valence-corrected chi connectivity index (χ3v) is 3.02. The quantitative estimate of drug-likeness (QED) is 0.644. The van der Waals surface area contributed by atoms with Crippen molar-refractivity contribution in [3.63, 3.8) is 0 Å². The lowest BCUT2D eigenvalue weighted by Gasteiger charge is -2.19. The maximum atomic E-state index is 10.9. The van der Waals surface area contributed by atoms with Crippen molar-refractivity contribution in [2.45, 2.75) is 13.0 Å². The van der Waals surface area contributed by atoms with Crippen molar-refractivity contribution in [3.8, 4) is 11.3 Å². The molecule has 2 heterocycles. The highest BCUT2D eigenvalue weighted by molar-refractivity contribution is 5.87. The first-order valence-corrected chi connectivity index (χ1v) is 5.13. The summed E-state index contributed by atoms with van der Waals surface area (Å²) in [7, 11) is 0. The molecule has 0 aliphatic carbocycles. The summed E-state index contributed by atoms with van der Waals surface area (Å²) in [5.41, 5.74) is 4.41. The second-order valence-corrected chi connectivity index (χ2v) is 3.84. The van der Waals surface area contributed by atoms with Crippen LogP contribution < -0.4 is 0 Å². The summed E-state index contributed by atoms with van der Waals surface area (Å²) in [6, 6.07) is 10.2. The predicted octanol–water partition coefficient (Wildman–Crippen LogP) is 2.52. The Kier molecular flexibility index (Phi) is 1.75. The zero-order valence-corrected chi connectivity index (χ0v) is 8.31. The fraction of sp³-hybridized carbons (Fsp3) is 0.154. The van der Waals surface area contributed by atoms with Crippen LogP contribution in [-0.2, 0) is 13.0 Å². The monoisotopic (exact) mass is 197 g/mol. The van der Waals surface area contributed by atoms with Gasteiger partial charge < -0.3 is 4.57 Å². The summed E-state index contributed by atoms with van der Waals surface area (Å²) < 4.78 is 2.16. The molecule has 2 heteroatoms. The molecule has 0 saturated heterocycles. The van der Waals surface area contributed by atoms with E-state index >= 15 is 0 Å². The molecule has 0 fully saturated rings. The lowest BCUT2D eigenvalue weighted by Crippen LogP contribution is -2.10. The number of aryl methyl sites for hydroxylation is 2. The molecule has 1 aromatic carbocycles. The molecule has 0 saturated carbocycles. The Hall–Kier alpha value is -1.83. The van der Waals surface area contributed by atoms with Gasteiger partial charge in [0.05, 0.1) is 5.69 Å². The topological polar surface area (TPSA) is 22.0 Å². The van der Waals surface area contributed by atoms with Crippen molar-refractivity contribution in [3.05, 3.63) is 47.7 Å². The molecule has 3 rings (SSSR count). The summed E-state index contributed by atoms with van der Waals surface area (Å²) in [5, 5.41) is 0. The molecule has 1 aliphatic heterocycles. The molecular weight excluding hydrogens is 186 g/mol. The molecule has 0 radical (unpaired) electrons. The van der Waals surface area contributed by atoms with Gasteiger partial charge in [-0.25, -0.2) is 0 Å². The first-order chi connectivity index (χ1) is 7.40. The molecule has 0 spiro atoms. The highest BCUT2D eigenvalue weighted by atomic mass is 16.1. The van der Waals surface area contributed by atoms with Crippen molar-refractivity contribution in [1.29, 1.82) is 0 Å². The standard InChI is InChI=1S/C13H11NO/c15-9-11-6-8-14-7-5-10-3-1-2-4-12(10)13(11)14/h1-4,6,8-9H,5,7H2. The van der Waals surface area contributed by atoms with Gasteiger partial charge in [0.15, 0.2) is 6.29 Å². The minimum absolute atomic E-state index is 0.794. The Labute approximate surface area is 88.2 Å². The van der Waals surface area contributed by atoms with Gasteiger partial charge in [0.2, 0.25) is 0 Å². The number of carbonyl (C=O) groups is 1. The molecule has 15 heavy (non-hydrogen) atoms. The maximum absolute atomic E-state index is 10.9. The molecule has 0 unspecified atom stereocenters. The van der Waals surface area contributed by atoms with E-state index in [0.29, 0.717) is 0 Å². The molecule has 2 aromatic rings. The molecule has 0 bridgehead atoms. The zero-order valence-electron chi connectivity index (χ0n) is 8.31. The average Bonchev–Trinajstić information content (AvgIpc) is 2.72. The molecule has 2 nitrogen and oxygen atoms in total. The maximum Gasteiger partial charge on any atom is 0.152 e. The Morgan fingerprint density at radius 1 is 1.20 bits per heavy atom. The molecule has 1 aromatic heterocycles. The minimum Gasteiger partial charge on any atom is -0.347 e. The van der Waals surface area contributed by atoms with Gasteiger partial charge in [0.25, 0.3) is 0 Å². The van der Waals surface area contributed by atoms with E-state index in [-0.39, 0.29) is 0 Å². The number of rotatable bonds is 1. The van der Waals surface area contributed by atoms with E-state index in [1.807, 2.05) is 18.3 Å². The molecule has 0 amide bonds. The molecular formula is C13H11NO. The summed E-state index contributed by atoms with van der Waals surface area (Å²) in [6.45, 7) is 0.972.